The minimum atomic E-state index is -0.569. The zero-order valence-corrected chi connectivity index (χ0v) is 18.0. The average molecular weight is 436 g/mol. The van der Waals surface area contributed by atoms with Gasteiger partial charge in [0.2, 0.25) is 5.91 Å². The van der Waals surface area contributed by atoms with Crippen LogP contribution < -0.4 is 15.1 Å². The number of anilines is 3. The van der Waals surface area contributed by atoms with Gasteiger partial charge in [-0.05, 0) is 54.1 Å². The van der Waals surface area contributed by atoms with Gasteiger partial charge in [-0.2, -0.15) is 0 Å². The average Bonchev–Trinajstić information content (AvgIpc) is 3.15. The molecule has 1 atom stereocenters. The van der Waals surface area contributed by atoms with Crippen LogP contribution >= 0.6 is 11.8 Å². The second kappa shape index (κ2) is 8.81. The fourth-order valence-electron chi connectivity index (χ4n) is 3.47. The molecule has 1 saturated heterocycles. The second-order valence-corrected chi connectivity index (χ2v) is 8.47. The number of carbonyl (C=O) groups excluding carboxylic acids is 2. The first kappa shape index (κ1) is 20.9. The van der Waals surface area contributed by atoms with Gasteiger partial charge >= 0.3 is 0 Å². The number of hydrogen-bond donors (Lipinski definition) is 1. The van der Waals surface area contributed by atoms with Crippen molar-refractivity contribution >= 4 is 40.6 Å². The van der Waals surface area contributed by atoms with E-state index in [0.717, 1.165) is 16.9 Å². The highest BCUT2D eigenvalue weighted by Gasteiger charge is 2.34. The van der Waals surface area contributed by atoms with E-state index in [-0.39, 0.29) is 16.8 Å². The quantitative estimate of drug-likeness (QED) is 0.618. The van der Waals surface area contributed by atoms with Gasteiger partial charge in [0.05, 0.1) is 11.3 Å². The minimum absolute atomic E-state index is 0.0130. The molecular formula is C24H22FN3O2S. The molecule has 31 heavy (non-hydrogen) atoms. The largest absolute Gasteiger partial charge is 0.378 e. The molecule has 0 aliphatic carbocycles. The molecule has 1 heterocycles. The van der Waals surface area contributed by atoms with Crippen molar-refractivity contribution in [1.82, 2.24) is 0 Å². The normalized spacial score (nSPS) is 15.8. The van der Waals surface area contributed by atoms with Crippen molar-refractivity contribution in [1.29, 1.82) is 0 Å². The van der Waals surface area contributed by atoms with E-state index in [1.807, 2.05) is 61.5 Å². The Morgan fingerprint density at radius 2 is 1.81 bits per heavy atom. The molecule has 4 rings (SSSR count). The summed E-state index contributed by atoms with van der Waals surface area (Å²) < 4.78 is 13.9. The van der Waals surface area contributed by atoms with Crippen molar-refractivity contribution < 1.29 is 14.0 Å². The summed E-state index contributed by atoms with van der Waals surface area (Å²) in [7, 11) is 3.94. The Morgan fingerprint density at radius 1 is 1.06 bits per heavy atom. The van der Waals surface area contributed by atoms with E-state index >= 15 is 0 Å². The highest BCUT2D eigenvalue weighted by atomic mass is 32.2. The lowest BCUT2D eigenvalue weighted by molar-refractivity contribution is -0.115. The lowest BCUT2D eigenvalue weighted by atomic mass is 10.1. The highest BCUT2D eigenvalue weighted by molar-refractivity contribution is 8.00. The molecule has 0 saturated carbocycles. The number of halogens is 1. The van der Waals surface area contributed by atoms with Crippen LogP contribution in [0, 0.1) is 5.82 Å². The van der Waals surface area contributed by atoms with Gasteiger partial charge in [0.1, 0.15) is 11.2 Å². The Bertz CT molecular complexity index is 1120. The summed E-state index contributed by atoms with van der Waals surface area (Å²) in [4.78, 5) is 28.9. The summed E-state index contributed by atoms with van der Waals surface area (Å²) >= 11 is 1.54. The summed E-state index contributed by atoms with van der Waals surface area (Å²) in [5.74, 6) is -0.665. The summed E-state index contributed by atoms with van der Waals surface area (Å²) in [6, 6.07) is 21.0. The van der Waals surface area contributed by atoms with Crippen molar-refractivity contribution in [2.75, 3.05) is 35.0 Å². The van der Waals surface area contributed by atoms with Crippen LogP contribution in [-0.2, 0) is 4.79 Å². The van der Waals surface area contributed by atoms with Crippen LogP contribution in [0.15, 0.2) is 72.8 Å². The molecule has 0 bridgehead atoms. The molecule has 1 aliphatic rings. The third kappa shape index (κ3) is 4.41. The van der Waals surface area contributed by atoms with E-state index in [2.05, 4.69) is 5.32 Å². The second-order valence-electron chi connectivity index (χ2n) is 7.40. The van der Waals surface area contributed by atoms with Crippen molar-refractivity contribution in [3.63, 3.8) is 0 Å². The number of benzene rings is 3. The van der Waals surface area contributed by atoms with Gasteiger partial charge in [0.15, 0.2) is 0 Å². The molecule has 0 spiro atoms. The Hall–Kier alpha value is -3.32. The van der Waals surface area contributed by atoms with Crippen LogP contribution in [-0.4, -0.2) is 31.7 Å². The first-order valence-corrected chi connectivity index (χ1v) is 10.9. The molecule has 2 amide bonds. The first-order chi connectivity index (χ1) is 14.9. The summed E-state index contributed by atoms with van der Waals surface area (Å²) in [5.41, 5.74) is 3.30. The Morgan fingerprint density at radius 3 is 2.52 bits per heavy atom. The highest BCUT2D eigenvalue weighted by Crippen LogP contribution is 2.42. The van der Waals surface area contributed by atoms with E-state index in [1.54, 1.807) is 23.1 Å². The maximum Gasteiger partial charge on any atom is 0.258 e. The number of amides is 2. The van der Waals surface area contributed by atoms with Crippen LogP contribution in [0.5, 0.6) is 0 Å². The van der Waals surface area contributed by atoms with Crippen LogP contribution in [0.2, 0.25) is 0 Å². The van der Waals surface area contributed by atoms with Gasteiger partial charge in [-0.1, -0.05) is 24.3 Å². The third-order valence-corrected chi connectivity index (χ3v) is 6.27. The summed E-state index contributed by atoms with van der Waals surface area (Å²) in [6.07, 6.45) is 0. The van der Waals surface area contributed by atoms with Gasteiger partial charge in [0.25, 0.3) is 5.91 Å². The van der Waals surface area contributed by atoms with Crippen molar-refractivity contribution in [3.05, 3.63) is 89.7 Å². The third-order valence-electron chi connectivity index (χ3n) is 5.06. The lowest BCUT2D eigenvalue weighted by Crippen LogP contribution is -2.27. The fourth-order valence-corrected chi connectivity index (χ4v) is 4.64. The Kier molecular flexibility index (Phi) is 5.95. The number of hydrogen-bond acceptors (Lipinski definition) is 4. The van der Waals surface area contributed by atoms with Gasteiger partial charge in [-0.3, -0.25) is 14.5 Å². The molecule has 1 N–H and O–H groups in total. The van der Waals surface area contributed by atoms with E-state index in [4.69, 9.17) is 0 Å². The summed E-state index contributed by atoms with van der Waals surface area (Å²) in [5, 5.41) is 2.55. The molecule has 158 valence electrons. The molecule has 1 fully saturated rings. The monoisotopic (exact) mass is 435 g/mol. The van der Waals surface area contributed by atoms with Gasteiger partial charge in [0, 0.05) is 31.2 Å². The maximum absolute atomic E-state index is 13.9. The lowest BCUT2D eigenvalue weighted by Gasteiger charge is -2.25. The minimum Gasteiger partial charge on any atom is -0.378 e. The molecule has 0 aromatic heterocycles. The number of carbonyl (C=O) groups is 2. The number of nitrogens with zero attached hydrogens (tertiary/aromatic N) is 2. The van der Waals surface area contributed by atoms with Crippen LogP contribution in [0.1, 0.15) is 21.3 Å². The predicted molar refractivity (Wildman–Crippen MR) is 124 cm³/mol. The van der Waals surface area contributed by atoms with Crippen LogP contribution in [0.3, 0.4) is 0 Å². The Balaban J connectivity index is 1.58. The molecular weight excluding hydrogens is 413 g/mol. The van der Waals surface area contributed by atoms with Crippen LogP contribution in [0.4, 0.5) is 21.5 Å². The molecule has 0 radical (unpaired) electrons. The Labute approximate surface area is 184 Å². The molecule has 0 unspecified atom stereocenters. The standard InChI is InChI=1S/C24H22FN3O2S/c1-27(2)18-10-12-19(13-11-18)28-22(29)15-31-24(28)16-6-5-7-17(14-16)26-23(30)20-8-3-4-9-21(20)25/h3-14,24H,15H2,1-2H3,(H,26,30)/t24-/m0/s1. The van der Waals surface area contributed by atoms with Gasteiger partial charge < -0.3 is 10.2 Å². The number of thioether (sulfide) groups is 1. The SMILES string of the molecule is CN(C)c1ccc(N2C(=O)CS[C@H]2c2cccc(NC(=O)c3ccccc3F)c2)cc1. The zero-order valence-electron chi connectivity index (χ0n) is 17.2. The molecule has 3 aromatic carbocycles. The van der Waals surface area contributed by atoms with E-state index in [0.29, 0.717) is 11.4 Å². The van der Waals surface area contributed by atoms with Crippen LogP contribution in [0.25, 0.3) is 0 Å². The zero-order chi connectivity index (χ0) is 22.0. The maximum atomic E-state index is 13.9. The van der Waals surface area contributed by atoms with E-state index < -0.39 is 11.7 Å². The van der Waals surface area contributed by atoms with Crippen molar-refractivity contribution in [2.24, 2.45) is 0 Å². The topological polar surface area (TPSA) is 52.6 Å². The van der Waals surface area contributed by atoms with Gasteiger partial charge in [-0.15, -0.1) is 11.8 Å². The molecule has 1 aliphatic heterocycles. The number of nitrogens with one attached hydrogen (secondary N) is 1. The van der Waals surface area contributed by atoms with E-state index in [9.17, 15) is 14.0 Å². The summed E-state index contributed by atoms with van der Waals surface area (Å²) in [6.45, 7) is 0. The van der Waals surface area contributed by atoms with Crippen molar-refractivity contribution in [3.8, 4) is 0 Å². The van der Waals surface area contributed by atoms with Gasteiger partial charge in [-0.25, -0.2) is 4.39 Å². The smallest absolute Gasteiger partial charge is 0.258 e. The molecule has 7 heteroatoms. The molecule has 5 nitrogen and oxygen atoms in total. The predicted octanol–water partition coefficient (Wildman–Crippen LogP) is 4.92. The number of rotatable bonds is 5. The molecule has 3 aromatic rings. The van der Waals surface area contributed by atoms with Crippen molar-refractivity contribution in [2.45, 2.75) is 5.37 Å². The fraction of sp³-hybridized carbons (Fsp3) is 0.167. The first-order valence-electron chi connectivity index (χ1n) is 9.81. The van der Waals surface area contributed by atoms with E-state index in [1.165, 1.54) is 23.9 Å².